The van der Waals surface area contributed by atoms with E-state index in [1.807, 2.05) is 0 Å². The molecule has 0 aliphatic carbocycles. The van der Waals surface area contributed by atoms with Crippen LogP contribution >= 0.6 is 0 Å². The fraction of sp³-hybridized carbons (Fsp3) is 0.900. The van der Waals surface area contributed by atoms with Crippen LogP contribution in [0.25, 0.3) is 0 Å². The molecule has 0 rings (SSSR count). The lowest BCUT2D eigenvalue weighted by Gasteiger charge is -2.09. The number of methoxy groups -OCH3 is 1. The monoisotopic (exact) mass is 187 g/mol. The van der Waals surface area contributed by atoms with E-state index >= 15 is 0 Å². The lowest BCUT2D eigenvalue weighted by Crippen LogP contribution is -2.24. The summed E-state index contributed by atoms with van der Waals surface area (Å²) in [6, 6.07) is -0.0238. The summed E-state index contributed by atoms with van der Waals surface area (Å²) in [4.78, 5) is 10.8. The SMILES string of the molecule is CCCCCCC(N)CC(=O)OC. The maximum Gasteiger partial charge on any atom is 0.307 e. The smallest absolute Gasteiger partial charge is 0.307 e. The Morgan fingerprint density at radius 3 is 2.62 bits per heavy atom. The second kappa shape index (κ2) is 8.05. The summed E-state index contributed by atoms with van der Waals surface area (Å²) in [5, 5.41) is 0. The third kappa shape index (κ3) is 7.78. The first kappa shape index (κ1) is 12.4. The number of carbonyl (C=O) groups excluding carboxylic acids is 1. The standard InChI is InChI=1S/C10H21NO2/c1-3-4-5-6-7-9(11)8-10(12)13-2/h9H,3-8,11H2,1-2H3. The molecule has 0 aromatic rings. The summed E-state index contributed by atoms with van der Waals surface area (Å²) < 4.78 is 4.53. The van der Waals surface area contributed by atoms with Gasteiger partial charge in [0.05, 0.1) is 13.5 Å². The minimum Gasteiger partial charge on any atom is -0.469 e. The Balaban J connectivity index is 3.29. The highest BCUT2D eigenvalue weighted by atomic mass is 16.5. The Labute approximate surface area is 80.6 Å². The van der Waals surface area contributed by atoms with Gasteiger partial charge in [-0.2, -0.15) is 0 Å². The first-order chi connectivity index (χ1) is 6.20. The Kier molecular flexibility index (Phi) is 7.69. The maximum absolute atomic E-state index is 10.8. The van der Waals surface area contributed by atoms with Crippen molar-refractivity contribution in [3.63, 3.8) is 0 Å². The lowest BCUT2D eigenvalue weighted by molar-refractivity contribution is -0.141. The van der Waals surface area contributed by atoms with Crippen LogP contribution in [0.2, 0.25) is 0 Å². The molecular weight excluding hydrogens is 166 g/mol. The van der Waals surface area contributed by atoms with Crippen molar-refractivity contribution in [3.8, 4) is 0 Å². The number of hydrogen-bond acceptors (Lipinski definition) is 3. The largest absolute Gasteiger partial charge is 0.469 e. The quantitative estimate of drug-likeness (QED) is 0.489. The van der Waals surface area contributed by atoms with E-state index in [2.05, 4.69) is 11.7 Å². The number of nitrogens with two attached hydrogens (primary N) is 1. The third-order valence-electron chi connectivity index (χ3n) is 2.08. The van der Waals surface area contributed by atoms with Gasteiger partial charge in [0.25, 0.3) is 0 Å². The van der Waals surface area contributed by atoms with Crippen LogP contribution in [0.4, 0.5) is 0 Å². The minimum atomic E-state index is -0.206. The number of unbranched alkanes of at least 4 members (excludes halogenated alkanes) is 3. The van der Waals surface area contributed by atoms with Gasteiger partial charge >= 0.3 is 5.97 Å². The number of esters is 1. The second-order valence-electron chi connectivity index (χ2n) is 3.39. The van der Waals surface area contributed by atoms with E-state index in [9.17, 15) is 4.79 Å². The molecule has 0 amide bonds. The Morgan fingerprint density at radius 2 is 2.08 bits per heavy atom. The van der Waals surface area contributed by atoms with Crippen LogP contribution in [-0.2, 0) is 9.53 Å². The Hall–Kier alpha value is -0.570. The molecule has 0 fully saturated rings. The molecule has 1 unspecified atom stereocenters. The van der Waals surface area contributed by atoms with Crippen molar-refractivity contribution >= 4 is 5.97 Å². The van der Waals surface area contributed by atoms with Crippen LogP contribution < -0.4 is 5.73 Å². The summed E-state index contributed by atoms with van der Waals surface area (Å²) in [5.74, 6) is -0.206. The highest BCUT2D eigenvalue weighted by Crippen LogP contribution is 2.06. The highest BCUT2D eigenvalue weighted by molar-refractivity contribution is 5.69. The van der Waals surface area contributed by atoms with Gasteiger partial charge in [0.15, 0.2) is 0 Å². The molecule has 3 nitrogen and oxygen atoms in total. The minimum absolute atomic E-state index is 0.0238. The van der Waals surface area contributed by atoms with Crippen LogP contribution in [0.15, 0.2) is 0 Å². The van der Waals surface area contributed by atoms with Gasteiger partial charge in [-0.15, -0.1) is 0 Å². The van der Waals surface area contributed by atoms with E-state index in [1.54, 1.807) is 0 Å². The van der Waals surface area contributed by atoms with Gasteiger partial charge in [-0.3, -0.25) is 4.79 Å². The molecule has 78 valence electrons. The molecule has 0 heterocycles. The van der Waals surface area contributed by atoms with E-state index in [-0.39, 0.29) is 12.0 Å². The maximum atomic E-state index is 10.8. The predicted molar refractivity (Wildman–Crippen MR) is 53.4 cm³/mol. The van der Waals surface area contributed by atoms with Gasteiger partial charge in [0.2, 0.25) is 0 Å². The van der Waals surface area contributed by atoms with E-state index in [0.717, 1.165) is 12.8 Å². The Bertz CT molecular complexity index is 137. The zero-order valence-corrected chi connectivity index (χ0v) is 8.71. The van der Waals surface area contributed by atoms with Crippen LogP contribution in [0, 0.1) is 0 Å². The summed E-state index contributed by atoms with van der Waals surface area (Å²) >= 11 is 0. The van der Waals surface area contributed by atoms with Crippen LogP contribution in [0.3, 0.4) is 0 Å². The summed E-state index contributed by atoms with van der Waals surface area (Å²) in [5.41, 5.74) is 5.73. The van der Waals surface area contributed by atoms with Crippen molar-refractivity contribution in [1.82, 2.24) is 0 Å². The molecule has 1 atom stereocenters. The van der Waals surface area contributed by atoms with Gasteiger partial charge in [0, 0.05) is 6.04 Å². The molecule has 0 saturated carbocycles. The summed E-state index contributed by atoms with van der Waals surface area (Å²) in [7, 11) is 1.39. The normalized spacial score (nSPS) is 12.5. The van der Waals surface area contributed by atoms with E-state index in [1.165, 1.54) is 26.4 Å². The van der Waals surface area contributed by atoms with Gasteiger partial charge in [0.1, 0.15) is 0 Å². The zero-order chi connectivity index (χ0) is 10.1. The molecule has 0 aliphatic rings. The highest BCUT2D eigenvalue weighted by Gasteiger charge is 2.08. The van der Waals surface area contributed by atoms with Crippen LogP contribution in [0.5, 0.6) is 0 Å². The first-order valence-electron chi connectivity index (χ1n) is 5.03. The summed E-state index contributed by atoms with van der Waals surface area (Å²) in [6.07, 6.45) is 6.09. The van der Waals surface area contributed by atoms with Gasteiger partial charge in [-0.1, -0.05) is 32.6 Å². The van der Waals surface area contributed by atoms with E-state index in [0.29, 0.717) is 6.42 Å². The van der Waals surface area contributed by atoms with Crippen molar-refractivity contribution in [2.24, 2.45) is 5.73 Å². The average Bonchev–Trinajstić information content (AvgIpc) is 2.12. The van der Waals surface area contributed by atoms with Crippen molar-refractivity contribution in [2.75, 3.05) is 7.11 Å². The van der Waals surface area contributed by atoms with Crippen molar-refractivity contribution < 1.29 is 9.53 Å². The number of ether oxygens (including phenoxy) is 1. The molecule has 0 radical (unpaired) electrons. The fourth-order valence-electron chi connectivity index (χ4n) is 1.23. The molecule has 2 N–H and O–H groups in total. The fourth-order valence-corrected chi connectivity index (χ4v) is 1.23. The third-order valence-corrected chi connectivity index (χ3v) is 2.08. The molecule has 0 aliphatic heterocycles. The number of carbonyl (C=O) groups is 1. The van der Waals surface area contributed by atoms with Crippen molar-refractivity contribution in [2.45, 2.75) is 51.5 Å². The molecule has 0 saturated heterocycles. The average molecular weight is 187 g/mol. The van der Waals surface area contributed by atoms with Crippen LogP contribution in [-0.4, -0.2) is 19.1 Å². The van der Waals surface area contributed by atoms with Crippen molar-refractivity contribution in [1.29, 1.82) is 0 Å². The Morgan fingerprint density at radius 1 is 1.38 bits per heavy atom. The van der Waals surface area contributed by atoms with Gasteiger partial charge in [-0.05, 0) is 6.42 Å². The molecule has 3 heteroatoms. The second-order valence-corrected chi connectivity index (χ2v) is 3.39. The van der Waals surface area contributed by atoms with Gasteiger partial charge < -0.3 is 10.5 Å². The van der Waals surface area contributed by atoms with E-state index < -0.39 is 0 Å². The van der Waals surface area contributed by atoms with Crippen LogP contribution in [0.1, 0.15) is 45.4 Å². The zero-order valence-electron chi connectivity index (χ0n) is 8.71. The number of rotatable bonds is 7. The predicted octanol–water partition coefficient (Wildman–Crippen LogP) is 1.85. The molecule has 0 bridgehead atoms. The van der Waals surface area contributed by atoms with E-state index in [4.69, 9.17) is 5.73 Å². The molecule has 13 heavy (non-hydrogen) atoms. The lowest BCUT2D eigenvalue weighted by atomic mass is 10.1. The molecule has 0 aromatic carbocycles. The van der Waals surface area contributed by atoms with Crippen molar-refractivity contribution in [3.05, 3.63) is 0 Å². The molecule has 0 spiro atoms. The summed E-state index contributed by atoms with van der Waals surface area (Å²) in [6.45, 7) is 2.17. The number of hydrogen-bond donors (Lipinski definition) is 1. The van der Waals surface area contributed by atoms with Gasteiger partial charge in [-0.25, -0.2) is 0 Å². The topological polar surface area (TPSA) is 52.3 Å². The first-order valence-corrected chi connectivity index (χ1v) is 5.03. The molecular formula is C10H21NO2. The molecule has 0 aromatic heterocycles.